The van der Waals surface area contributed by atoms with Gasteiger partial charge in [0.15, 0.2) is 0 Å². The monoisotopic (exact) mass is 508 g/mol. The van der Waals surface area contributed by atoms with E-state index >= 15 is 0 Å². The Labute approximate surface area is 211 Å². The molecule has 3 rings (SSSR count). The second kappa shape index (κ2) is 11.6. The summed E-state index contributed by atoms with van der Waals surface area (Å²) in [4.78, 5) is 11.6. The molecule has 0 fully saturated rings. The molecule has 0 bridgehead atoms. The fourth-order valence-electron chi connectivity index (χ4n) is 3.52. The fraction of sp³-hybridized carbons (Fsp3) is 0.259. The molecule has 8 nitrogen and oxygen atoms in total. The van der Waals surface area contributed by atoms with Crippen molar-refractivity contribution in [2.45, 2.75) is 37.7 Å². The fourth-order valence-corrected chi connectivity index (χ4v) is 4.95. The van der Waals surface area contributed by atoms with E-state index in [1.165, 1.54) is 12.1 Å². The topological polar surface area (TPSA) is 117 Å². The Morgan fingerprint density at radius 1 is 1.03 bits per heavy atom. The van der Waals surface area contributed by atoms with Crippen molar-refractivity contribution < 1.29 is 27.8 Å². The number of nitrogens with zero attached hydrogens (tertiary/aromatic N) is 2. The number of hydrogen-bond donors (Lipinski definition) is 1. The first-order valence-corrected chi connectivity index (χ1v) is 12.7. The molecule has 0 atom stereocenters. The van der Waals surface area contributed by atoms with Crippen molar-refractivity contribution in [3.63, 3.8) is 0 Å². The number of benzene rings is 3. The van der Waals surface area contributed by atoms with Gasteiger partial charge in [-0.1, -0.05) is 50.2 Å². The summed E-state index contributed by atoms with van der Waals surface area (Å²) < 4.78 is 38.2. The van der Waals surface area contributed by atoms with Crippen LogP contribution in [0.2, 0.25) is 0 Å². The third-order valence-electron chi connectivity index (χ3n) is 5.66. The van der Waals surface area contributed by atoms with Crippen molar-refractivity contribution in [3.05, 3.63) is 89.0 Å². The lowest BCUT2D eigenvalue weighted by Crippen LogP contribution is -2.37. The van der Waals surface area contributed by atoms with Crippen LogP contribution < -0.4 is 9.47 Å². The van der Waals surface area contributed by atoms with Crippen LogP contribution in [0.1, 0.15) is 42.0 Å². The van der Waals surface area contributed by atoms with Crippen LogP contribution in [0.3, 0.4) is 0 Å². The number of hydrogen-bond acceptors (Lipinski definition) is 6. The van der Waals surface area contributed by atoms with E-state index in [4.69, 9.17) is 9.47 Å². The van der Waals surface area contributed by atoms with E-state index in [2.05, 4.69) is 13.8 Å². The molecule has 0 aliphatic rings. The van der Waals surface area contributed by atoms with Crippen LogP contribution >= 0.6 is 0 Å². The maximum atomic E-state index is 13.5. The molecule has 0 heterocycles. The zero-order chi connectivity index (χ0) is 26.3. The minimum Gasteiger partial charge on any atom is -0.497 e. The molecule has 9 heteroatoms. The summed E-state index contributed by atoms with van der Waals surface area (Å²) >= 11 is 0. The van der Waals surface area contributed by atoms with Gasteiger partial charge in [0.2, 0.25) is 0 Å². The average Bonchev–Trinajstić information content (AvgIpc) is 2.87. The average molecular weight is 509 g/mol. The highest BCUT2D eigenvalue weighted by atomic mass is 32.2. The Hall–Kier alpha value is -4.03. The molecule has 188 valence electrons. The van der Waals surface area contributed by atoms with E-state index in [-0.39, 0.29) is 35.8 Å². The summed E-state index contributed by atoms with van der Waals surface area (Å²) in [7, 11) is -2.98. The lowest BCUT2D eigenvalue weighted by Gasteiger charge is -2.21. The molecule has 3 aromatic carbocycles. The second-order valence-corrected chi connectivity index (χ2v) is 10.2. The summed E-state index contributed by atoms with van der Waals surface area (Å²) in [6, 6.07) is 20.4. The number of carbonyl (C=O) groups is 1. The van der Waals surface area contributed by atoms with Gasteiger partial charge in [0, 0.05) is 6.54 Å². The number of nitriles is 1. The summed E-state index contributed by atoms with van der Waals surface area (Å²) in [6.07, 6.45) is -1.42. The lowest BCUT2D eigenvalue weighted by molar-refractivity contribution is 0.172. The summed E-state index contributed by atoms with van der Waals surface area (Å²) in [6.45, 7) is 3.88. The smallest absolute Gasteiger partial charge is 0.421 e. The quantitative estimate of drug-likeness (QED) is 0.401. The maximum absolute atomic E-state index is 13.5. The second-order valence-electron chi connectivity index (χ2n) is 8.42. The Morgan fingerprint density at radius 2 is 1.67 bits per heavy atom. The zero-order valence-corrected chi connectivity index (χ0v) is 21.2. The van der Waals surface area contributed by atoms with E-state index in [1.807, 2.05) is 30.3 Å². The standard InChI is InChI=1S/C27H28N2O6S/c1-19(2)23-9-4-20(5-10-23)14-15-29(27(30)31)36(32,33)26-16-22(17-28)8-13-25(26)35-18-21-6-11-24(34-3)12-7-21/h4-13,16,19H,14-15,18H2,1-3H3,(H,30,31). The summed E-state index contributed by atoms with van der Waals surface area (Å²) in [5, 5.41) is 19.1. The first-order chi connectivity index (χ1) is 17.1. The van der Waals surface area contributed by atoms with Gasteiger partial charge in [-0.2, -0.15) is 5.26 Å². The van der Waals surface area contributed by atoms with E-state index in [0.717, 1.165) is 22.8 Å². The van der Waals surface area contributed by atoms with Crippen LogP contribution in [-0.2, 0) is 23.1 Å². The van der Waals surface area contributed by atoms with Gasteiger partial charge in [-0.3, -0.25) is 0 Å². The largest absolute Gasteiger partial charge is 0.497 e. The van der Waals surface area contributed by atoms with Crippen LogP contribution in [0, 0.1) is 11.3 Å². The van der Waals surface area contributed by atoms with E-state index in [1.54, 1.807) is 31.4 Å². The van der Waals surface area contributed by atoms with Crippen LogP contribution in [0.4, 0.5) is 4.79 Å². The Morgan fingerprint density at radius 3 is 2.22 bits per heavy atom. The lowest BCUT2D eigenvalue weighted by atomic mass is 10.0. The minimum absolute atomic E-state index is 0.0354. The Balaban J connectivity index is 1.86. The van der Waals surface area contributed by atoms with E-state index < -0.39 is 16.1 Å². The van der Waals surface area contributed by atoms with Gasteiger partial charge < -0.3 is 14.6 Å². The van der Waals surface area contributed by atoms with Crippen molar-refractivity contribution in [2.75, 3.05) is 13.7 Å². The van der Waals surface area contributed by atoms with Crippen LogP contribution in [0.15, 0.2) is 71.6 Å². The van der Waals surface area contributed by atoms with Crippen LogP contribution in [0.5, 0.6) is 11.5 Å². The molecular formula is C27H28N2O6S. The molecule has 0 spiro atoms. The van der Waals surface area contributed by atoms with Gasteiger partial charge in [0.05, 0.1) is 18.7 Å². The molecule has 1 amide bonds. The first kappa shape index (κ1) is 26.6. The van der Waals surface area contributed by atoms with Gasteiger partial charge in [-0.25, -0.2) is 17.5 Å². The molecule has 0 unspecified atom stereocenters. The minimum atomic E-state index is -4.53. The van der Waals surface area contributed by atoms with Crippen molar-refractivity contribution >= 4 is 16.1 Å². The highest BCUT2D eigenvalue weighted by Gasteiger charge is 2.32. The molecule has 0 saturated heterocycles. The van der Waals surface area contributed by atoms with E-state index in [0.29, 0.717) is 16.0 Å². The molecule has 36 heavy (non-hydrogen) atoms. The van der Waals surface area contributed by atoms with E-state index in [9.17, 15) is 23.6 Å². The number of sulfonamides is 1. The van der Waals surface area contributed by atoms with Crippen LogP contribution in [-0.4, -0.2) is 37.6 Å². The molecular weight excluding hydrogens is 480 g/mol. The molecule has 0 aliphatic carbocycles. The number of carboxylic acid groups (broad SMARTS) is 1. The summed E-state index contributed by atoms with van der Waals surface area (Å²) in [5.74, 6) is 0.965. The molecule has 0 radical (unpaired) electrons. The predicted molar refractivity (Wildman–Crippen MR) is 135 cm³/mol. The highest BCUT2D eigenvalue weighted by molar-refractivity contribution is 7.89. The van der Waals surface area contributed by atoms with Crippen molar-refractivity contribution in [2.24, 2.45) is 0 Å². The summed E-state index contributed by atoms with van der Waals surface area (Å²) in [5.41, 5.74) is 2.76. The number of amides is 1. The predicted octanol–water partition coefficient (Wildman–Crippen LogP) is 5.18. The maximum Gasteiger partial charge on any atom is 0.421 e. The van der Waals surface area contributed by atoms with Gasteiger partial charge in [0.1, 0.15) is 23.0 Å². The molecule has 0 saturated carbocycles. The van der Waals surface area contributed by atoms with Crippen molar-refractivity contribution in [1.82, 2.24) is 4.31 Å². The molecule has 0 aliphatic heterocycles. The molecule has 0 aromatic heterocycles. The SMILES string of the molecule is COc1ccc(COc2ccc(C#N)cc2S(=O)(=O)N(CCc2ccc(C(C)C)cc2)C(=O)O)cc1. The molecule has 1 N–H and O–H groups in total. The number of methoxy groups -OCH3 is 1. The third kappa shape index (κ3) is 6.34. The number of rotatable bonds is 10. The first-order valence-electron chi connectivity index (χ1n) is 11.3. The zero-order valence-electron chi connectivity index (χ0n) is 20.3. The normalized spacial score (nSPS) is 11.1. The van der Waals surface area contributed by atoms with Gasteiger partial charge >= 0.3 is 6.09 Å². The third-order valence-corrected chi connectivity index (χ3v) is 7.45. The molecule has 3 aromatic rings. The van der Waals surface area contributed by atoms with Crippen LogP contribution in [0.25, 0.3) is 0 Å². The van der Waals surface area contributed by atoms with Crippen molar-refractivity contribution in [3.8, 4) is 17.6 Å². The van der Waals surface area contributed by atoms with Crippen molar-refractivity contribution in [1.29, 1.82) is 5.26 Å². The number of ether oxygens (including phenoxy) is 2. The van der Waals surface area contributed by atoms with Gasteiger partial charge in [0.25, 0.3) is 10.0 Å². The highest BCUT2D eigenvalue weighted by Crippen LogP contribution is 2.29. The van der Waals surface area contributed by atoms with Gasteiger partial charge in [-0.05, 0) is 59.4 Å². The Bertz CT molecular complexity index is 1340. The Kier molecular flexibility index (Phi) is 8.56. The van der Waals surface area contributed by atoms with Gasteiger partial charge in [-0.15, -0.1) is 0 Å².